The summed E-state index contributed by atoms with van der Waals surface area (Å²) in [5.74, 6) is 0. The highest BCUT2D eigenvalue weighted by molar-refractivity contribution is 7.11. The summed E-state index contributed by atoms with van der Waals surface area (Å²) in [6, 6.07) is 5.26. The summed E-state index contributed by atoms with van der Waals surface area (Å²) in [6.45, 7) is 15.8. The fourth-order valence-electron chi connectivity index (χ4n) is 3.55. The van der Waals surface area contributed by atoms with Crippen LogP contribution in [0.2, 0.25) is 0 Å². The smallest absolute Gasteiger partial charge is 0.0594 e. The Balaban J connectivity index is 1.40. The Labute approximate surface area is 145 Å². The van der Waals surface area contributed by atoms with E-state index in [0.717, 1.165) is 39.3 Å². The molecule has 23 heavy (non-hydrogen) atoms. The molecule has 130 valence electrons. The quantitative estimate of drug-likeness (QED) is 0.792. The Morgan fingerprint density at radius 2 is 1.70 bits per heavy atom. The Hall–Kier alpha value is -0.460. The minimum absolute atomic E-state index is 0.656. The number of hydrogen-bond acceptors (Lipinski definition) is 5. The van der Waals surface area contributed by atoms with E-state index in [1.807, 2.05) is 11.3 Å². The molecule has 0 unspecified atom stereocenters. The highest BCUT2D eigenvalue weighted by atomic mass is 32.1. The van der Waals surface area contributed by atoms with E-state index in [1.165, 1.54) is 42.5 Å². The van der Waals surface area contributed by atoms with Crippen molar-refractivity contribution in [3.05, 3.63) is 21.9 Å². The van der Waals surface area contributed by atoms with Gasteiger partial charge in [0.15, 0.2) is 0 Å². The van der Waals surface area contributed by atoms with Gasteiger partial charge >= 0.3 is 0 Å². The maximum atomic E-state index is 5.45. The molecule has 2 aliphatic heterocycles. The fourth-order valence-corrected chi connectivity index (χ4v) is 4.55. The van der Waals surface area contributed by atoms with Crippen LogP contribution in [0.5, 0.6) is 0 Å². The molecule has 0 spiro atoms. The van der Waals surface area contributed by atoms with Crippen LogP contribution in [0.1, 0.15) is 23.6 Å². The van der Waals surface area contributed by atoms with E-state index in [4.69, 9.17) is 4.74 Å². The molecule has 0 aliphatic carbocycles. The van der Waals surface area contributed by atoms with E-state index in [1.54, 1.807) is 0 Å². The second kappa shape index (κ2) is 8.58. The Kier molecular flexibility index (Phi) is 6.48. The van der Waals surface area contributed by atoms with Gasteiger partial charge in [0.2, 0.25) is 0 Å². The molecule has 0 amide bonds. The van der Waals surface area contributed by atoms with Gasteiger partial charge in [0.25, 0.3) is 0 Å². The highest BCUT2D eigenvalue weighted by Crippen LogP contribution is 2.20. The third kappa shape index (κ3) is 5.00. The van der Waals surface area contributed by atoms with Gasteiger partial charge in [-0.3, -0.25) is 14.7 Å². The number of rotatable bonds is 6. The Morgan fingerprint density at radius 1 is 1.00 bits per heavy atom. The van der Waals surface area contributed by atoms with Crippen LogP contribution in [-0.2, 0) is 17.7 Å². The van der Waals surface area contributed by atoms with E-state index < -0.39 is 0 Å². The van der Waals surface area contributed by atoms with E-state index in [0.29, 0.717) is 6.04 Å². The predicted octanol–water partition coefficient (Wildman–Crippen LogP) is 2.15. The predicted molar refractivity (Wildman–Crippen MR) is 97.3 cm³/mol. The fraction of sp³-hybridized carbons (Fsp3) is 0.778. The molecule has 1 atom stereocenters. The summed E-state index contributed by atoms with van der Waals surface area (Å²) in [4.78, 5) is 10.9. The molecule has 2 saturated heterocycles. The van der Waals surface area contributed by atoms with Gasteiger partial charge in [-0.15, -0.1) is 11.3 Å². The van der Waals surface area contributed by atoms with Crippen molar-refractivity contribution in [1.82, 2.24) is 14.7 Å². The number of hydrogen-bond donors (Lipinski definition) is 0. The summed E-state index contributed by atoms with van der Waals surface area (Å²) in [5.41, 5.74) is 0. The van der Waals surface area contributed by atoms with Crippen LogP contribution in [0.15, 0.2) is 12.1 Å². The standard InChI is InChI=1S/C18H31N3OS/c1-3-17-4-5-18(23-17)15-19-6-8-21(9-7-19)16(2)14-20-10-12-22-13-11-20/h4-5,16H,3,6-15H2,1-2H3/t16-/m0/s1. The van der Waals surface area contributed by atoms with Crippen LogP contribution >= 0.6 is 11.3 Å². The largest absolute Gasteiger partial charge is 0.379 e. The molecule has 3 rings (SSSR count). The monoisotopic (exact) mass is 337 g/mol. The van der Waals surface area contributed by atoms with Crippen molar-refractivity contribution < 1.29 is 4.74 Å². The van der Waals surface area contributed by atoms with E-state index >= 15 is 0 Å². The average molecular weight is 338 g/mol. The van der Waals surface area contributed by atoms with Gasteiger partial charge < -0.3 is 4.74 Å². The average Bonchev–Trinajstić information content (AvgIpc) is 3.04. The van der Waals surface area contributed by atoms with Crippen LogP contribution < -0.4 is 0 Å². The molecule has 4 nitrogen and oxygen atoms in total. The third-order valence-electron chi connectivity index (χ3n) is 5.10. The zero-order valence-corrected chi connectivity index (χ0v) is 15.5. The molecule has 0 N–H and O–H groups in total. The van der Waals surface area contributed by atoms with Gasteiger partial charge in [-0.25, -0.2) is 0 Å². The first-order valence-electron chi connectivity index (χ1n) is 9.08. The highest BCUT2D eigenvalue weighted by Gasteiger charge is 2.23. The minimum atomic E-state index is 0.656. The lowest BCUT2D eigenvalue weighted by Crippen LogP contribution is -2.53. The number of nitrogens with zero attached hydrogens (tertiary/aromatic N) is 3. The van der Waals surface area contributed by atoms with Crippen molar-refractivity contribution in [2.75, 3.05) is 59.0 Å². The first kappa shape index (κ1) is 17.4. The topological polar surface area (TPSA) is 19.0 Å². The maximum Gasteiger partial charge on any atom is 0.0594 e. The molecule has 5 heteroatoms. The Morgan fingerprint density at radius 3 is 2.35 bits per heavy atom. The van der Waals surface area contributed by atoms with E-state index in [2.05, 4.69) is 40.7 Å². The van der Waals surface area contributed by atoms with Crippen molar-refractivity contribution in [1.29, 1.82) is 0 Å². The second-order valence-corrected chi connectivity index (χ2v) is 8.05. The van der Waals surface area contributed by atoms with Crippen LogP contribution in [0.3, 0.4) is 0 Å². The number of ether oxygens (including phenoxy) is 1. The van der Waals surface area contributed by atoms with Gasteiger partial charge in [0.1, 0.15) is 0 Å². The molecular formula is C18H31N3OS. The van der Waals surface area contributed by atoms with Gasteiger partial charge in [0, 0.05) is 68.2 Å². The first-order valence-corrected chi connectivity index (χ1v) is 9.90. The molecule has 0 radical (unpaired) electrons. The van der Waals surface area contributed by atoms with Crippen molar-refractivity contribution in [3.8, 4) is 0 Å². The second-order valence-electron chi connectivity index (χ2n) is 6.80. The molecule has 1 aromatic rings. The molecule has 2 aliphatic rings. The van der Waals surface area contributed by atoms with Crippen molar-refractivity contribution >= 4 is 11.3 Å². The van der Waals surface area contributed by atoms with Gasteiger partial charge in [-0.05, 0) is 25.5 Å². The lowest BCUT2D eigenvalue weighted by Gasteiger charge is -2.40. The summed E-state index contributed by atoms with van der Waals surface area (Å²) < 4.78 is 5.45. The van der Waals surface area contributed by atoms with Crippen molar-refractivity contribution in [3.63, 3.8) is 0 Å². The zero-order valence-electron chi connectivity index (χ0n) is 14.7. The molecule has 1 aromatic heterocycles. The number of thiophene rings is 1. The normalized spacial score (nSPS) is 23.2. The summed E-state index contributed by atoms with van der Waals surface area (Å²) in [6.07, 6.45) is 1.16. The summed E-state index contributed by atoms with van der Waals surface area (Å²) in [5, 5.41) is 0. The molecule has 0 bridgehead atoms. The van der Waals surface area contributed by atoms with Gasteiger partial charge in [-0.1, -0.05) is 6.92 Å². The molecule has 2 fully saturated rings. The maximum absolute atomic E-state index is 5.45. The van der Waals surface area contributed by atoms with E-state index in [9.17, 15) is 0 Å². The van der Waals surface area contributed by atoms with Gasteiger partial charge in [0.05, 0.1) is 13.2 Å². The van der Waals surface area contributed by atoms with Crippen LogP contribution in [0, 0.1) is 0 Å². The molecular weight excluding hydrogens is 306 g/mol. The van der Waals surface area contributed by atoms with Crippen molar-refractivity contribution in [2.45, 2.75) is 32.9 Å². The zero-order chi connectivity index (χ0) is 16.1. The number of aryl methyl sites for hydroxylation is 1. The van der Waals surface area contributed by atoms with Crippen LogP contribution in [0.4, 0.5) is 0 Å². The van der Waals surface area contributed by atoms with Crippen LogP contribution in [0.25, 0.3) is 0 Å². The molecule has 0 aromatic carbocycles. The van der Waals surface area contributed by atoms with Gasteiger partial charge in [-0.2, -0.15) is 0 Å². The Bertz CT molecular complexity index is 465. The molecule has 0 saturated carbocycles. The lowest BCUT2D eigenvalue weighted by atomic mass is 10.2. The summed E-state index contributed by atoms with van der Waals surface area (Å²) in [7, 11) is 0. The first-order chi connectivity index (χ1) is 11.2. The van der Waals surface area contributed by atoms with E-state index in [-0.39, 0.29) is 0 Å². The summed E-state index contributed by atoms with van der Waals surface area (Å²) >= 11 is 1.98. The van der Waals surface area contributed by atoms with Crippen molar-refractivity contribution in [2.24, 2.45) is 0 Å². The number of piperazine rings is 1. The third-order valence-corrected chi connectivity index (χ3v) is 6.32. The van der Waals surface area contributed by atoms with Crippen LogP contribution in [-0.4, -0.2) is 79.8 Å². The lowest BCUT2D eigenvalue weighted by molar-refractivity contribution is 0.0172. The SMILES string of the molecule is CCc1ccc(CN2CCN([C@@H](C)CN3CCOCC3)CC2)s1. The minimum Gasteiger partial charge on any atom is -0.379 e. The number of morpholine rings is 1. The molecule has 3 heterocycles.